The average molecular weight is 355 g/mol. The van der Waals surface area contributed by atoms with Crippen LogP contribution in [0.1, 0.15) is 5.56 Å². The molecule has 0 fully saturated rings. The van der Waals surface area contributed by atoms with Gasteiger partial charge < -0.3 is 5.32 Å². The average Bonchev–Trinajstić information content (AvgIpc) is 2.53. The summed E-state index contributed by atoms with van der Waals surface area (Å²) in [6.45, 7) is -0.552. The van der Waals surface area contributed by atoms with Gasteiger partial charge in [-0.2, -0.15) is 4.31 Å². The molecule has 2 aromatic rings. The normalized spacial score (nSPS) is 11.5. The lowest BCUT2D eigenvalue weighted by molar-refractivity contribution is -0.121. The van der Waals surface area contributed by atoms with Crippen LogP contribution >= 0.6 is 0 Å². The molecular formula is C15H15F2N3O3S. The largest absolute Gasteiger partial charge is 0.351 e. The van der Waals surface area contributed by atoms with Gasteiger partial charge in [-0.25, -0.2) is 17.2 Å². The summed E-state index contributed by atoms with van der Waals surface area (Å²) in [5.41, 5.74) is 0.235. The molecule has 0 aliphatic rings. The third-order valence-electron chi connectivity index (χ3n) is 3.12. The third-order valence-corrected chi connectivity index (χ3v) is 4.91. The number of sulfonamides is 1. The molecule has 0 bridgehead atoms. The van der Waals surface area contributed by atoms with Crippen molar-refractivity contribution in [2.45, 2.75) is 11.4 Å². The van der Waals surface area contributed by atoms with E-state index in [4.69, 9.17) is 0 Å². The third kappa shape index (κ3) is 4.56. The van der Waals surface area contributed by atoms with Crippen molar-refractivity contribution in [2.24, 2.45) is 0 Å². The molecule has 1 aromatic carbocycles. The maximum atomic E-state index is 13.1. The fraction of sp³-hybridized carbons (Fsp3) is 0.200. The Bertz CT molecular complexity index is 809. The topological polar surface area (TPSA) is 79.4 Å². The molecule has 0 aliphatic carbocycles. The van der Waals surface area contributed by atoms with Gasteiger partial charge in [-0.15, -0.1) is 0 Å². The predicted molar refractivity (Wildman–Crippen MR) is 82.3 cm³/mol. The van der Waals surface area contributed by atoms with E-state index < -0.39 is 34.1 Å². The van der Waals surface area contributed by atoms with Crippen LogP contribution in [0.5, 0.6) is 0 Å². The zero-order valence-corrected chi connectivity index (χ0v) is 13.6. The van der Waals surface area contributed by atoms with E-state index in [1.165, 1.54) is 31.6 Å². The van der Waals surface area contributed by atoms with Gasteiger partial charge in [0, 0.05) is 32.1 Å². The fourth-order valence-corrected chi connectivity index (χ4v) is 3.03. The van der Waals surface area contributed by atoms with E-state index in [2.05, 4.69) is 10.3 Å². The number of hydrogen-bond acceptors (Lipinski definition) is 4. The number of benzene rings is 1. The Hall–Kier alpha value is -2.39. The van der Waals surface area contributed by atoms with Crippen molar-refractivity contribution in [3.63, 3.8) is 0 Å². The number of halogens is 2. The minimum absolute atomic E-state index is 0.0347. The van der Waals surface area contributed by atoms with E-state index in [9.17, 15) is 22.0 Å². The lowest BCUT2D eigenvalue weighted by Crippen LogP contribution is -2.38. The molecule has 2 rings (SSSR count). The lowest BCUT2D eigenvalue weighted by Gasteiger charge is -2.16. The summed E-state index contributed by atoms with van der Waals surface area (Å²) < 4.78 is 51.5. The summed E-state index contributed by atoms with van der Waals surface area (Å²) >= 11 is 0. The van der Waals surface area contributed by atoms with Crippen molar-refractivity contribution in [1.29, 1.82) is 0 Å². The van der Waals surface area contributed by atoms with Crippen molar-refractivity contribution in [1.82, 2.24) is 14.6 Å². The van der Waals surface area contributed by atoms with E-state index >= 15 is 0 Å². The lowest BCUT2D eigenvalue weighted by atomic mass is 10.2. The number of pyridine rings is 1. The summed E-state index contributed by atoms with van der Waals surface area (Å²) in [4.78, 5) is 15.5. The number of nitrogens with zero attached hydrogens (tertiary/aromatic N) is 2. The van der Waals surface area contributed by atoms with Crippen LogP contribution in [0.25, 0.3) is 0 Å². The van der Waals surface area contributed by atoms with Gasteiger partial charge in [0.25, 0.3) is 0 Å². The van der Waals surface area contributed by atoms with E-state index in [0.29, 0.717) is 0 Å². The van der Waals surface area contributed by atoms with Crippen molar-refractivity contribution >= 4 is 15.9 Å². The van der Waals surface area contributed by atoms with Crippen LogP contribution in [0.15, 0.2) is 47.6 Å². The molecule has 0 spiro atoms. The molecule has 0 atom stereocenters. The van der Waals surface area contributed by atoms with E-state index in [1.807, 2.05) is 0 Å². The molecule has 0 radical (unpaired) electrons. The molecule has 6 nitrogen and oxygen atoms in total. The standard InChI is InChI=1S/C15H15F2N3O3S/c1-20(24(22,23)14-3-2-4-18-9-14)10-15(21)19-8-11-5-12(16)7-13(17)6-11/h2-7,9H,8,10H2,1H3,(H,19,21). The van der Waals surface area contributed by atoms with Gasteiger partial charge in [0.05, 0.1) is 6.54 Å². The summed E-state index contributed by atoms with van der Waals surface area (Å²) in [5, 5.41) is 2.41. The van der Waals surface area contributed by atoms with Gasteiger partial charge in [0.15, 0.2) is 0 Å². The molecule has 0 saturated heterocycles. The molecule has 1 aromatic heterocycles. The smallest absolute Gasteiger partial charge is 0.244 e. The number of rotatable bonds is 6. The number of carbonyl (C=O) groups excluding carboxylic acids is 1. The molecular weight excluding hydrogens is 340 g/mol. The fourth-order valence-electron chi connectivity index (χ4n) is 1.94. The number of carbonyl (C=O) groups is 1. The molecule has 0 aliphatic heterocycles. The Morgan fingerprint density at radius 3 is 2.50 bits per heavy atom. The van der Waals surface area contributed by atoms with Crippen molar-refractivity contribution in [3.05, 3.63) is 59.9 Å². The highest BCUT2D eigenvalue weighted by Crippen LogP contribution is 2.12. The minimum Gasteiger partial charge on any atom is -0.351 e. The zero-order valence-electron chi connectivity index (χ0n) is 12.7. The Balaban J connectivity index is 1.96. The number of aromatic nitrogens is 1. The number of hydrogen-bond donors (Lipinski definition) is 1. The summed E-state index contributed by atoms with van der Waals surface area (Å²) in [6, 6.07) is 5.73. The van der Waals surface area contributed by atoms with Crippen LogP contribution in [0, 0.1) is 11.6 Å². The molecule has 0 unspecified atom stereocenters. The van der Waals surface area contributed by atoms with Crippen molar-refractivity contribution in [3.8, 4) is 0 Å². The molecule has 1 heterocycles. The monoisotopic (exact) mass is 355 g/mol. The van der Waals surface area contributed by atoms with Gasteiger partial charge in [0.1, 0.15) is 16.5 Å². The molecule has 1 N–H and O–H groups in total. The first-order valence-electron chi connectivity index (χ1n) is 6.87. The Morgan fingerprint density at radius 1 is 1.25 bits per heavy atom. The maximum absolute atomic E-state index is 13.1. The van der Waals surface area contributed by atoms with Gasteiger partial charge >= 0.3 is 0 Å². The summed E-state index contributed by atoms with van der Waals surface area (Å²) in [6.07, 6.45) is 2.61. The van der Waals surface area contributed by atoms with Crippen LogP contribution in [0.4, 0.5) is 8.78 Å². The highest BCUT2D eigenvalue weighted by atomic mass is 32.2. The van der Waals surface area contributed by atoms with Gasteiger partial charge in [-0.1, -0.05) is 0 Å². The first-order chi connectivity index (χ1) is 11.3. The minimum atomic E-state index is -3.84. The summed E-state index contributed by atoms with van der Waals surface area (Å²) in [7, 11) is -2.59. The van der Waals surface area contributed by atoms with Crippen molar-refractivity contribution in [2.75, 3.05) is 13.6 Å². The second kappa shape index (κ2) is 7.45. The number of amides is 1. The molecule has 9 heteroatoms. The van der Waals surface area contributed by atoms with Gasteiger partial charge in [-0.3, -0.25) is 9.78 Å². The SMILES string of the molecule is CN(CC(=O)NCc1cc(F)cc(F)c1)S(=O)(=O)c1cccnc1. The van der Waals surface area contributed by atoms with Gasteiger partial charge in [-0.05, 0) is 29.8 Å². The van der Waals surface area contributed by atoms with E-state index in [0.717, 1.165) is 22.5 Å². The molecule has 24 heavy (non-hydrogen) atoms. The Kier molecular flexibility index (Phi) is 5.58. The first-order valence-corrected chi connectivity index (χ1v) is 8.31. The highest BCUT2D eigenvalue weighted by Gasteiger charge is 2.22. The second-order valence-electron chi connectivity index (χ2n) is 5.00. The quantitative estimate of drug-likeness (QED) is 0.847. The number of likely N-dealkylation sites (N-methyl/N-ethyl adjacent to an activating group) is 1. The first kappa shape index (κ1) is 18.0. The zero-order chi connectivity index (χ0) is 17.7. The van der Waals surface area contributed by atoms with Crippen LogP contribution < -0.4 is 5.32 Å². The van der Waals surface area contributed by atoms with E-state index in [-0.39, 0.29) is 17.0 Å². The molecule has 128 valence electrons. The van der Waals surface area contributed by atoms with Crippen molar-refractivity contribution < 1.29 is 22.0 Å². The number of nitrogens with one attached hydrogen (secondary N) is 1. The van der Waals surface area contributed by atoms with E-state index in [1.54, 1.807) is 0 Å². The predicted octanol–water partition coefficient (Wildman–Crippen LogP) is 1.30. The molecule has 1 amide bonds. The maximum Gasteiger partial charge on any atom is 0.244 e. The van der Waals surface area contributed by atoms with Crippen LogP contribution in [0.3, 0.4) is 0 Å². The highest BCUT2D eigenvalue weighted by molar-refractivity contribution is 7.89. The van der Waals surface area contributed by atoms with Crippen LogP contribution in [-0.2, 0) is 21.4 Å². The van der Waals surface area contributed by atoms with Gasteiger partial charge in [0.2, 0.25) is 15.9 Å². The van der Waals surface area contributed by atoms with Crippen LogP contribution in [-0.4, -0.2) is 37.2 Å². The Morgan fingerprint density at radius 2 is 1.92 bits per heavy atom. The molecule has 0 saturated carbocycles. The Labute approximate surface area is 138 Å². The van der Waals surface area contributed by atoms with Crippen LogP contribution in [0.2, 0.25) is 0 Å². The second-order valence-corrected chi connectivity index (χ2v) is 7.05. The summed E-state index contributed by atoms with van der Waals surface area (Å²) in [5.74, 6) is -2.11.